The van der Waals surface area contributed by atoms with Crippen LogP contribution in [0.5, 0.6) is 0 Å². The van der Waals surface area contributed by atoms with Crippen LogP contribution in [-0.2, 0) is 33.2 Å². The number of nitrogens with one attached hydrogen (secondary N) is 1. The van der Waals surface area contributed by atoms with Gasteiger partial charge in [-0.2, -0.15) is 0 Å². The molecule has 4 unspecified atom stereocenters. The predicted molar refractivity (Wildman–Crippen MR) is 225 cm³/mol. The SMILES string of the molecule is CCCCCCCCCCCCCCCCCCCCCC(=O)NC(COC(COCC(O)CO)COCC(O)CO)COC(COCC(O)CO)COCC(O)CO. The molecule has 59 heavy (non-hydrogen) atoms. The van der Waals surface area contributed by atoms with Gasteiger partial charge in [-0.05, 0) is 6.42 Å². The first-order chi connectivity index (χ1) is 28.7. The maximum absolute atomic E-state index is 13.1. The fourth-order valence-corrected chi connectivity index (χ4v) is 6.14. The van der Waals surface area contributed by atoms with Gasteiger partial charge in [0.05, 0.1) is 98.5 Å². The number of carbonyl (C=O) groups is 1. The summed E-state index contributed by atoms with van der Waals surface area (Å²) in [5, 5.41) is 78.2. The van der Waals surface area contributed by atoms with E-state index in [0.717, 1.165) is 25.7 Å². The highest BCUT2D eigenvalue weighted by molar-refractivity contribution is 5.76. The molecule has 0 aromatic carbocycles. The number of unbranched alkanes of at least 4 members (excludes halogenated alkanes) is 18. The number of hydrogen-bond acceptors (Lipinski definition) is 15. The molecule has 0 radical (unpaired) electrons. The third kappa shape index (κ3) is 39.5. The van der Waals surface area contributed by atoms with Crippen molar-refractivity contribution in [1.29, 1.82) is 0 Å². The highest BCUT2D eigenvalue weighted by Crippen LogP contribution is 2.15. The number of amides is 1. The summed E-state index contributed by atoms with van der Waals surface area (Å²) >= 11 is 0. The quantitative estimate of drug-likeness (QED) is 0.0400. The molecule has 16 heteroatoms. The van der Waals surface area contributed by atoms with Crippen molar-refractivity contribution in [2.24, 2.45) is 0 Å². The lowest BCUT2D eigenvalue weighted by Crippen LogP contribution is -2.45. The zero-order valence-corrected chi connectivity index (χ0v) is 36.5. The zero-order chi connectivity index (χ0) is 43.6. The molecule has 0 heterocycles. The van der Waals surface area contributed by atoms with Gasteiger partial charge in [-0.3, -0.25) is 4.79 Å². The van der Waals surface area contributed by atoms with Crippen LogP contribution >= 0.6 is 0 Å². The van der Waals surface area contributed by atoms with E-state index in [-0.39, 0.29) is 72.0 Å². The van der Waals surface area contributed by atoms with E-state index in [2.05, 4.69) is 12.2 Å². The van der Waals surface area contributed by atoms with Crippen LogP contribution in [0.3, 0.4) is 0 Å². The maximum atomic E-state index is 13.1. The van der Waals surface area contributed by atoms with Crippen molar-refractivity contribution in [3.63, 3.8) is 0 Å². The van der Waals surface area contributed by atoms with Gasteiger partial charge >= 0.3 is 0 Å². The van der Waals surface area contributed by atoms with E-state index < -0.39 is 69.1 Å². The fourth-order valence-electron chi connectivity index (χ4n) is 6.14. The Hall–Kier alpha value is -1.09. The van der Waals surface area contributed by atoms with Crippen molar-refractivity contribution < 1.29 is 74.1 Å². The summed E-state index contributed by atoms with van der Waals surface area (Å²) in [6.45, 7) is -0.571. The third-order valence-corrected chi connectivity index (χ3v) is 9.74. The Bertz CT molecular complexity index is 807. The summed E-state index contributed by atoms with van der Waals surface area (Å²) in [6.07, 6.45) is 18.6. The highest BCUT2D eigenvalue weighted by atomic mass is 16.6. The molecule has 4 atom stereocenters. The van der Waals surface area contributed by atoms with Crippen molar-refractivity contribution in [3.8, 4) is 0 Å². The van der Waals surface area contributed by atoms with Crippen LogP contribution in [0, 0.1) is 0 Å². The Balaban J connectivity index is 4.94. The van der Waals surface area contributed by atoms with Gasteiger partial charge in [0.2, 0.25) is 5.91 Å². The van der Waals surface area contributed by atoms with Crippen molar-refractivity contribution in [3.05, 3.63) is 0 Å². The Morgan fingerprint density at radius 1 is 0.407 bits per heavy atom. The van der Waals surface area contributed by atoms with Gasteiger partial charge in [0, 0.05) is 6.42 Å². The van der Waals surface area contributed by atoms with E-state index >= 15 is 0 Å². The number of aliphatic hydroxyl groups is 8. The zero-order valence-electron chi connectivity index (χ0n) is 36.5. The Labute approximate surface area is 355 Å². The van der Waals surface area contributed by atoms with E-state index in [1.165, 1.54) is 96.3 Å². The molecule has 0 aliphatic heterocycles. The first-order valence-electron chi connectivity index (χ1n) is 22.7. The van der Waals surface area contributed by atoms with Crippen molar-refractivity contribution in [1.82, 2.24) is 5.32 Å². The van der Waals surface area contributed by atoms with Crippen molar-refractivity contribution in [2.75, 3.05) is 92.5 Å². The summed E-state index contributed by atoms with van der Waals surface area (Å²) in [7, 11) is 0. The second kappa shape index (κ2) is 43.6. The summed E-state index contributed by atoms with van der Waals surface area (Å²) in [4.78, 5) is 13.1. The maximum Gasteiger partial charge on any atom is 0.220 e. The summed E-state index contributed by atoms with van der Waals surface area (Å²) in [6, 6.07) is -0.662. The van der Waals surface area contributed by atoms with Gasteiger partial charge < -0.3 is 74.6 Å². The molecule has 0 aliphatic rings. The molecule has 1 amide bonds. The smallest absolute Gasteiger partial charge is 0.220 e. The van der Waals surface area contributed by atoms with Gasteiger partial charge in [-0.15, -0.1) is 0 Å². The minimum Gasteiger partial charge on any atom is -0.394 e. The van der Waals surface area contributed by atoms with Crippen LogP contribution in [-0.4, -0.2) is 182 Å². The normalized spacial score (nSPS) is 15.5. The first-order valence-corrected chi connectivity index (χ1v) is 22.7. The predicted octanol–water partition coefficient (Wildman–Crippen LogP) is 2.54. The van der Waals surface area contributed by atoms with E-state index in [1.54, 1.807) is 0 Å². The monoisotopic (exact) mass is 858 g/mol. The largest absolute Gasteiger partial charge is 0.394 e. The number of rotatable bonds is 47. The topological polar surface area (TPSA) is 246 Å². The minimum absolute atomic E-state index is 0.0438. The van der Waals surface area contributed by atoms with E-state index in [1.807, 2.05) is 0 Å². The van der Waals surface area contributed by atoms with E-state index in [0.29, 0.717) is 6.42 Å². The molecule has 0 rings (SSSR count). The minimum atomic E-state index is -1.09. The molecule has 0 aliphatic carbocycles. The van der Waals surface area contributed by atoms with E-state index in [9.17, 15) is 25.2 Å². The van der Waals surface area contributed by atoms with Crippen molar-refractivity contribution >= 4 is 5.91 Å². The molecule has 0 aromatic rings. The van der Waals surface area contributed by atoms with Crippen LogP contribution < -0.4 is 5.32 Å². The molecule has 16 nitrogen and oxygen atoms in total. The molecular weight excluding hydrogens is 770 g/mol. The number of aliphatic hydroxyl groups excluding tert-OH is 8. The summed E-state index contributed by atoms with van der Waals surface area (Å²) in [5.41, 5.74) is 0. The first kappa shape index (κ1) is 57.9. The van der Waals surface area contributed by atoms with Crippen LogP contribution in [0.15, 0.2) is 0 Å². The molecule has 0 aromatic heterocycles. The molecule has 9 N–H and O–H groups in total. The van der Waals surface area contributed by atoms with Gasteiger partial charge in [0.25, 0.3) is 0 Å². The van der Waals surface area contributed by atoms with E-state index in [4.69, 9.17) is 48.8 Å². The fraction of sp³-hybridized carbons (Fsp3) is 0.977. The lowest BCUT2D eigenvalue weighted by Gasteiger charge is -2.26. The summed E-state index contributed by atoms with van der Waals surface area (Å²) in [5.74, 6) is -0.184. The van der Waals surface area contributed by atoms with Gasteiger partial charge in [0.1, 0.15) is 36.6 Å². The number of ether oxygens (including phenoxy) is 6. The van der Waals surface area contributed by atoms with Crippen LogP contribution in [0.4, 0.5) is 0 Å². The lowest BCUT2D eigenvalue weighted by molar-refractivity contribution is -0.127. The molecule has 0 bridgehead atoms. The number of carbonyl (C=O) groups excluding carboxylic acids is 1. The number of hydrogen-bond donors (Lipinski definition) is 9. The van der Waals surface area contributed by atoms with Crippen molar-refractivity contribution in [2.45, 2.75) is 178 Å². The van der Waals surface area contributed by atoms with Gasteiger partial charge in [0.15, 0.2) is 0 Å². The third-order valence-electron chi connectivity index (χ3n) is 9.74. The summed E-state index contributed by atoms with van der Waals surface area (Å²) < 4.78 is 34.0. The Morgan fingerprint density at radius 2 is 0.678 bits per heavy atom. The van der Waals surface area contributed by atoms with Crippen LogP contribution in [0.25, 0.3) is 0 Å². The Morgan fingerprint density at radius 3 is 0.949 bits per heavy atom. The highest BCUT2D eigenvalue weighted by Gasteiger charge is 2.21. The molecule has 354 valence electrons. The molecule has 0 saturated carbocycles. The van der Waals surface area contributed by atoms with Gasteiger partial charge in [-0.1, -0.05) is 122 Å². The van der Waals surface area contributed by atoms with Gasteiger partial charge in [-0.25, -0.2) is 0 Å². The lowest BCUT2D eigenvalue weighted by atomic mass is 10.0. The Kier molecular flexibility index (Phi) is 42.7. The standard InChI is InChI=1S/C43H87NO15/c1-2-3-4-5-6-7-8-9-10-11-12-13-14-15-16-17-18-19-20-21-43(53)44-36(26-58-41(32-54-28-37(49)22-45)33-55-29-38(50)23-46)27-59-42(34-56-30-39(51)24-47)35-57-31-40(52)25-48/h36-42,45-52H,2-35H2,1H3,(H,44,53). The van der Waals surface area contributed by atoms with Crippen LogP contribution in [0.1, 0.15) is 135 Å². The second-order valence-corrected chi connectivity index (χ2v) is 15.8. The average molecular weight is 858 g/mol. The second-order valence-electron chi connectivity index (χ2n) is 15.8. The molecule has 0 spiro atoms. The molecule has 0 saturated heterocycles. The average Bonchev–Trinajstić information content (AvgIpc) is 3.24. The molecular formula is C43H87NO15. The molecule has 0 fully saturated rings. The van der Waals surface area contributed by atoms with Crippen LogP contribution in [0.2, 0.25) is 0 Å².